The predicted octanol–water partition coefficient (Wildman–Crippen LogP) is 2.85. The molecular weight excluding hydrogens is 454 g/mol. The summed E-state index contributed by atoms with van der Waals surface area (Å²) in [6.45, 7) is 2.17. The second-order valence-electron chi connectivity index (χ2n) is 8.22. The van der Waals surface area contributed by atoms with Crippen LogP contribution in [-0.4, -0.2) is 55.6 Å². The molecule has 1 aliphatic heterocycles. The van der Waals surface area contributed by atoms with Gasteiger partial charge in [0.2, 0.25) is 0 Å². The fourth-order valence-electron chi connectivity index (χ4n) is 4.13. The summed E-state index contributed by atoms with van der Waals surface area (Å²) in [6.07, 6.45) is 3.69. The summed E-state index contributed by atoms with van der Waals surface area (Å²) in [6, 6.07) is 17.0. The van der Waals surface area contributed by atoms with E-state index >= 15 is 0 Å². The van der Waals surface area contributed by atoms with Gasteiger partial charge in [0.25, 0.3) is 5.91 Å². The van der Waals surface area contributed by atoms with Gasteiger partial charge in [0.05, 0.1) is 17.4 Å². The Balaban J connectivity index is 0.000000431. The van der Waals surface area contributed by atoms with Crippen molar-refractivity contribution in [3.8, 4) is 0 Å². The van der Waals surface area contributed by atoms with Gasteiger partial charge in [-0.25, -0.2) is 19.4 Å². The molecule has 1 amide bonds. The first-order valence-electron chi connectivity index (χ1n) is 11.0. The van der Waals surface area contributed by atoms with E-state index in [0.717, 1.165) is 35.8 Å². The normalized spacial score (nSPS) is 13.9. The van der Waals surface area contributed by atoms with Gasteiger partial charge < -0.3 is 24.1 Å². The number of carbonyl (C=O) groups excluding carboxylic acids is 1. The van der Waals surface area contributed by atoms with Crippen molar-refractivity contribution < 1.29 is 29.0 Å². The lowest BCUT2D eigenvalue weighted by atomic mass is 9.96. The Morgan fingerprint density at radius 3 is 2.34 bits per heavy atom. The average molecular weight is 477 g/mol. The summed E-state index contributed by atoms with van der Waals surface area (Å²) < 4.78 is 7.51. The number of hydrogen-bond donors (Lipinski definition) is 2. The number of para-hydroxylation sites is 3. The molecule has 1 fully saturated rings. The molecular formula is C25H23N3O7. The van der Waals surface area contributed by atoms with Gasteiger partial charge in [0.1, 0.15) is 11.1 Å². The van der Waals surface area contributed by atoms with Gasteiger partial charge in [-0.3, -0.25) is 4.79 Å². The summed E-state index contributed by atoms with van der Waals surface area (Å²) in [5.74, 6) is -3.41. The van der Waals surface area contributed by atoms with Crippen LogP contribution in [0.4, 0.5) is 0 Å². The van der Waals surface area contributed by atoms with Crippen LogP contribution in [-0.2, 0) is 16.1 Å². The van der Waals surface area contributed by atoms with Gasteiger partial charge in [0, 0.05) is 25.0 Å². The number of imidazole rings is 1. The highest BCUT2D eigenvalue weighted by Gasteiger charge is 2.26. The Morgan fingerprint density at radius 2 is 1.63 bits per heavy atom. The highest BCUT2D eigenvalue weighted by atomic mass is 16.4. The van der Waals surface area contributed by atoms with Gasteiger partial charge in [-0.1, -0.05) is 30.3 Å². The quantitative estimate of drug-likeness (QED) is 0.339. The number of benzene rings is 2. The number of aliphatic carboxylic acids is 2. The number of aromatic nitrogens is 2. The SMILES string of the molecule is O=C(O)C(=O)O.O=C(c1cc2ccccc2oc1=O)N1CCC(Cn2cnc3ccccc32)CC1. The molecule has 180 valence electrons. The summed E-state index contributed by atoms with van der Waals surface area (Å²) in [4.78, 5) is 49.6. The number of fused-ring (bicyclic) bond motifs is 2. The van der Waals surface area contributed by atoms with E-state index in [1.165, 1.54) is 0 Å². The zero-order valence-electron chi connectivity index (χ0n) is 18.7. The molecule has 1 aliphatic rings. The van der Waals surface area contributed by atoms with Gasteiger partial charge >= 0.3 is 17.6 Å². The van der Waals surface area contributed by atoms with Gasteiger partial charge in [-0.05, 0) is 43.0 Å². The molecule has 5 rings (SSSR count). The monoisotopic (exact) mass is 477 g/mol. The lowest BCUT2D eigenvalue weighted by molar-refractivity contribution is -0.159. The minimum atomic E-state index is -1.82. The summed E-state index contributed by atoms with van der Waals surface area (Å²) >= 11 is 0. The van der Waals surface area contributed by atoms with E-state index in [2.05, 4.69) is 15.6 Å². The van der Waals surface area contributed by atoms with E-state index in [4.69, 9.17) is 24.2 Å². The van der Waals surface area contributed by atoms with Crippen molar-refractivity contribution in [3.05, 3.63) is 76.9 Å². The minimum Gasteiger partial charge on any atom is -0.473 e. The van der Waals surface area contributed by atoms with Crippen LogP contribution in [0.25, 0.3) is 22.0 Å². The second-order valence-corrected chi connectivity index (χ2v) is 8.22. The van der Waals surface area contributed by atoms with E-state index in [1.807, 2.05) is 36.7 Å². The number of rotatable bonds is 3. The van der Waals surface area contributed by atoms with E-state index in [1.54, 1.807) is 23.1 Å². The van der Waals surface area contributed by atoms with Crippen molar-refractivity contribution in [3.63, 3.8) is 0 Å². The Kier molecular flexibility index (Phi) is 6.91. The van der Waals surface area contributed by atoms with Crippen molar-refractivity contribution in [2.75, 3.05) is 13.1 Å². The predicted molar refractivity (Wildman–Crippen MR) is 126 cm³/mol. The number of likely N-dealkylation sites (tertiary alicyclic amines) is 1. The van der Waals surface area contributed by atoms with Crippen LogP contribution in [0.15, 0.2) is 70.1 Å². The van der Waals surface area contributed by atoms with Crippen molar-refractivity contribution >= 4 is 39.8 Å². The molecule has 10 nitrogen and oxygen atoms in total. The fourth-order valence-corrected chi connectivity index (χ4v) is 4.13. The molecule has 0 saturated carbocycles. The summed E-state index contributed by atoms with van der Waals surface area (Å²) in [5.41, 5.74) is 2.19. The van der Waals surface area contributed by atoms with Crippen LogP contribution in [0.2, 0.25) is 0 Å². The third-order valence-electron chi connectivity index (χ3n) is 5.94. The number of nitrogens with zero attached hydrogens (tertiary/aromatic N) is 3. The average Bonchev–Trinajstić information content (AvgIpc) is 3.27. The molecule has 35 heavy (non-hydrogen) atoms. The Bertz CT molecular complexity index is 1440. The van der Waals surface area contributed by atoms with Crippen LogP contribution in [0.3, 0.4) is 0 Å². The number of amides is 1. The van der Waals surface area contributed by atoms with Crippen molar-refractivity contribution in [2.24, 2.45) is 5.92 Å². The smallest absolute Gasteiger partial charge is 0.414 e. The molecule has 0 unspecified atom stereocenters. The summed E-state index contributed by atoms with van der Waals surface area (Å²) in [7, 11) is 0. The molecule has 2 aromatic heterocycles. The Morgan fingerprint density at radius 1 is 0.971 bits per heavy atom. The van der Waals surface area contributed by atoms with Crippen molar-refractivity contribution in [1.29, 1.82) is 0 Å². The van der Waals surface area contributed by atoms with E-state index in [0.29, 0.717) is 24.6 Å². The van der Waals surface area contributed by atoms with Crippen molar-refractivity contribution in [1.82, 2.24) is 14.5 Å². The molecule has 1 saturated heterocycles. The zero-order chi connectivity index (χ0) is 24.9. The van der Waals surface area contributed by atoms with Gasteiger partial charge in [0.15, 0.2) is 0 Å². The third kappa shape index (κ3) is 5.37. The van der Waals surface area contributed by atoms with Crippen LogP contribution >= 0.6 is 0 Å². The zero-order valence-corrected chi connectivity index (χ0v) is 18.7. The number of carboxylic acids is 2. The minimum absolute atomic E-state index is 0.114. The molecule has 4 aromatic rings. The lowest BCUT2D eigenvalue weighted by Gasteiger charge is -2.32. The van der Waals surface area contributed by atoms with Crippen LogP contribution in [0.1, 0.15) is 23.2 Å². The van der Waals surface area contributed by atoms with E-state index < -0.39 is 17.6 Å². The third-order valence-corrected chi connectivity index (χ3v) is 5.94. The maximum atomic E-state index is 12.9. The maximum absolute atomic E-state index is 12.9. The molecule has 10 heteroatoms. The fraction of sp³-hybridized carbons (Fsp3) is 0.240. The highest BCUT2D eigenvalue weighted by Crippen LogP contribution is 2.23. The van der Waals surface area contributed by atoms with Gasteiger partial charge in [-0.2, -0.15) is 0 Å². The van der Waals surface area contributed by atoms with E-state index in [-0.39, 0.29) is 11.5 Å². The first-order chi connectivity index (χ1) is 16.8. The topological polar surface area (TPSA) is 143 Å². The van der Waals surface area contributed by atoms with Crippen LogP contribution in [0, 0.1) is 5.92 Å². The summed E-state index contributed by atoms with van der Waals surface area (Å²) in [5, 5.41) is 15.5. The van der Waals surface area contributed by atoms with Crippen molar-refractivity contribution in [2.45, 2.75) is 19.4 Å². The Hall–Kier alpha value is -4.47. The van der Waals surface area contributed by atoms with Gasteiger partial charge in [-0.15, -0.1) is 0 Å². The molecule has 0 bridgehead atoms. The van der Waals surface area contributed by atoms with Crippen LogP contribution in [0.5, 0.6) is 0 Å². The number of hydrogen-bond acceptors (Lipinski definition) is 6. The number of piperidine rings is 1. The molecule has 0 radical (unpaired) electrons. The van der Waals surface area contributed by atoms with E-state index in [9.17, 15) is 9.59 Å². The largest absolute Gasteiger partial charge is 0.473 e. The second kappa shape index (κ2) is 10.2. The standard InChI is InChI=1S/C23H21N3O3.C2H2O4/c27-22(18-13-17-5-1-4-8-21(17)29-23(18)28)25-11-9-16(10-12-25)14-26-15-24-19-6-2-3-7-20(19)26;3-1(4)2(5)6/h1-8,13,15-16H,9-12,14H2;(H,3,4)(H,5,6). The highest BCUT2D eigenvalue weighted by molar-refractivity contribution is 6.27. The molecule has 2 aromatic carbocycles. The van der Waals surface area contributed by atoms with Crippen LogP contribution < -0.4 is 5.63 Å². The number of carboxylic acid groups (broad SMARTS) is 2. The maximum Gasteiger partial charge on any atom is 0.414 e. The Labute approximate surface area is 199 Å². The molecule has 0 aliphatic carbocycles. The number of carbonyl (C=O) groups is 3. The lowest BCUT2D eigenvalue weighted by Crippen LogP contribution is -2.40. The first-order valence-corrected chi connectivity index (χ1v) is 11.0. The molecule has 3 heterocycles. The molecule has 2 N–H and O–H groups in total. The molecule has 0 atom stereocenters. The first kappa shape index (κ1) is 23.7. The molecule has 0 spiro atoms.